The Morgan fingerprint density at radius 3 is 1.80 bits per heavy atom. The maximum Gasteiger partial charge on any atom is 0.201 e. The summed E-state index contributed by atoms with van der Waals surface area (Å²) in [4.78, 5) is 32.5. The minimum absolute atomic E-state index is 0.0865. The van der Waals surface area contributed by atoms with E-state index in [2.05, 4.69) is 33.1 Å². The molecule has 208 valence electrons. The largest absolute Gasteiger partial charge is 0.508 e. The lowest BCUT2D eigenvalue weighted by molar-refractivity contribution is 0.102. The van der Waals surface area contributed by atoms with E-state index in [1.54, 1.807) is 18.2 Å². The van der Waals surface area contributed by atoms with Crippen molar-refractivity contribution in [2.75, 3.05) is 0 Å². The third-order valence-electron chi connectivity index (χ3n) is 7.45. The number of hydrogen-bond donors (Lipinski definition) is 1. The fraction of sp³-hybridized carbons (Fsp3) is 0.242. The minimum Gasteiger partial charge on any atom is -0.508 e. The second kappa shape index (κ2) is 10.6. The molecule has 0 amide bonds. The van der Waals surface area contributed by atoms with Crippen molar-refractivity contribution in [2.45, 2.75) is 54.8 Å². The van der Waals surface area contributed by atoms with Crippen LogP contribution in [0.4, 0.5) is 0 Å². The topological polar surface area (TPSA) is 107 Å². The van der Waals surface area contributed by atoms with E-state index in [4.69, 9.17) is 9.47 Å². The van der Waals surface area contributed by atoms with Gasteiger partial charge in [-0.1, -0.05) is 25.3 Å². The molecule has 0 bridgehead atoms. The van der Waals surface area contributed by atoms with Crippen LogP contribution in [0.2, 0.25) is 0 Å². The number of ether oxygens (including phenoxy) is 2. The summed E-state index contributed by atoms with van der Waals surface area (Å²) >= 11 is 0. The molecule has 2 heterocycles. The van der Waals surface area contributed by atoms with Crippen molar-refractivity contribution >= 4 is 17.1 Å². The number of rotatable bonds is 7. The van der Waals surface area contributed by atoms with Crippen molar-refractivity contribution in [3.63, 3.8) is 0 Å². The predicted octanol–water partition coefficient (Wildman–Crippen LogP) is 6.41. The predicted molar refractivity (Wildman–Crippen MR) is 157 cm³/mol. The number of fused-ring (bicyclic) bond motifs is 2. The van der Waals surface area contributed by atoms with Gasteiger partial charge in [-0.25, -0.2) is 0 Å². The molecule has 0 atom stereocenters. The molecular weight excluding hydrogens is 516 g/mol. The number of carbonyl (C=O) groups is 1. The lowest BCUT2D eigenvalue weighted by atomic mass is 9.80. The molecule has 1 aliphatic rings. The van der Waals surface area contributed by atoms with Gasteiger partial charge < -0.3 is 14.6 Å². The number of aliphatic hydroxyl groups excluding tert-OH is 1. The van der Waals surface area contributed by atoms with Crippen LogP contribution in [0.15, 0.2) is 43.5 Å². The normalized spacial score (nSPS) is 12.1. The van der Waals surface area contributed by atoms with Crippen molar-refractivity contribution in [3.8, 4) is 11.5 Å². The molecule has 0 saturated heterocycles. The summed E-state index contributed by atoms with van der Waals surface area (Å²) in [5, 5.41) is 10.3. The Bertz CT molecular complexity index is 1770. The van der Waals surface area contributed by atoms with Crippen molar-refractivity contribution < 1.29 is 19.4 Å². The number of aromatic nitrogens is 4. The molecule has 0 spiro atoms. The van der Waals surface area contributed by atoms with Gasteiger partial charge in [-0.3, -0.25) is 24.7 Å². The van der Waals surface area contributed by atoms with Gasteiger partial charge in [0.05, 0.1) is 56.7 Å². The van der Waals surface area contributed by atoms with Crippen molar-refractivity contribution in [3.05, 3.63) is 117 Å². The van der Waals surface area contributed by atoms with E-state index in [1.807, 2.05) is 53.7 Å². The Kier molecular flexibility index (Phi) is 7.17. The zero-order chi connectivity index (χ0) is 29.6. The Hall–Kier alpha value is -4.85. The molecule has 41 heavy (non-hydrogen) atoms. The zero-order valence-electron chi connectivity index (χ0n) is 24.2. The van der Waals surface area contributed by atoms with Crippen LogP contribution in [0, 0.1) is 41.5 Å². The average molecular weight is 549 g/mol. The number of nitrogens with zero attached hydrogens (tertiary/aromatic N) is 4. The van der Waals surface area contributed by atoms with Gasteiger partial charge in [-0.05, 0) is 76.4 Å². The van der Waals surface area contributed by atoms with Crippen LogP contribution < -0.4 is 9.47 Å². The first-order valence-corrected chi connectivity index (χ1v) is 13.3. The van der Waals surface area contributed by atoms with Gasteiger partial charge >= 0.3 is 0 Å². The van der Waals surface area contributed by atoms with Crippen LogP contribution in [0.5, 0.6) is 11.5 Å². The van der Waals surface area contributed by atoms with Gasteiger partial charge in [0.25, 0.3) is 0 Å². The third kappa shape index (κ3) is 5.09. The number of hydrogen-bond acceptors (Lipinski definition) is 8. The monoisotopic (exact) mass is 548 g/mol. The third-order valence-corrected chi connectivity index (χ3v) is 7.45. The molecule has 2 aromatic carbocycles. The summed E-state index contributed by atoms with van der Waals surface area (Å²) in [6, 6.07) is 8.73. The highest BCUT2D eigenvalue weighted by atomic mass is 16.5. The van der Waals surface area contributed by atoms with E-state index < -0.39 is 0 Å². The van der Waals surface area contributed by atoms with Gasteiger partial charge in [0.1, 0.15) is 30.5 Å². The molecule has 8 nitrogen and oxygen atoms in total. The SMILES string of the molecule is C=C(O)c1cc(OCc2nc(C)c(C)nc2C)c2c(c1)C(=C)c1cccc(OCc3nc(C)c(C)nc3C)c1C2=O. The van der Waals surface area contributed by atoms with E-state index in [0.29, 0.717) is 50.5 Å². The second-order valence-electron chi connectivity index (χ2n) is 10.3. The van der Waals surface area contributed by atoms with Crippen molar-refractivity contribution in [1.82, 2.24) is 19.9 Å². The highest BCUT2D eigenvalue weighted by Gasteiger charge is 2.33. The summed E-state index contributed by atoms with van der Waals surface area (Å²) in [5.74, 6) is 0.285. The van der Waals surface area contributed by atoms with Gasteiger partial charge in [0.2, 0.25) is 5.78 Å². The smallest absolute Gasteiger partial charge is 0.201 e. The van der Waals surface area contributed by atoms with Crippen molar-refractivity contribution in [1.29, 1.82) is 0 Å². The summed E-state index contributed by atoms with van der Waals surface area (Å²) in [5.41, 5.74) is 9.18. The van der Waals surface area contributed by atoms with E-state index >= 15 is 0 Å². The number of aliphatic hydroxyl groups is 1. The zero-order valence-corrected chi connectivity index (χ0v) is 24.2. The quantitative estimate of drug-likeness (QED) is 0.233. The number of aryl methyl sites for hydroxylation is 6. The lowest BCUT2D eigenvalue weighted by Crippen LogP contribution is -2.18. The van der Waals surface area contributed by atoms with Gasteiger partial charge in [-0.15, -0.1) is 0 Å². The molecule has 4 aromatic rings. The van der Waals surface area contributed by atoms with Crippen LogP contribution in [-0.4, -0.2) is 30.8 Å². The molecule has 1 N–H and O–H groups in total. The minimum atomic E-state index is -0.270. The highest BCUT2D eigenvalue weighted by Crippen LogP contribution is 2.44. The average Bonchev–Trinajstić information content (AvgIpc) is 2.93. The van der Waals surface area contributed by atoms with Crippen LogP contribution in [0.3, 0.4) is 0 Å². The second-order valence-corrected chi connectivity index (χ2v) is 10.3. The Morgan fingerprint density at radius 2 is 1.24 bits per heavy atom. The molecular formula is C33H32N4O4. The first-order chi connectivity index (χ1) is 19.5. The van der Waals surface area contributed by atoms with E-state index in [1.165, 1.54) is 0 Å². The summed E-state index contributed by atoms with van der Waals surface area (Å²) < 4.78 is 12.4. The maximum absolute atomic E-state index is 14.2. The standard InChI is InChI=1S/C33H32N4O4/c1-16-25-10-9-11-29(40-14-27-21(6)34-17(2)19(4)36-27)31(25)33(39)32-26(16)12-24(23(8)38)13-30(32)41-15-28-22(7)35-18(3)20(5)37-28/h9-13,38H,1,8,14-15H2,2-7H3. The molecule has 8 heteroatoms. The fourth-order valence-corrected chi connectivity index (χ4v) is 4.86. The molecule has 0 radical (unpaired) electrons. The van der Waals surface area contributed by atoms with Gasteiger partial charge in [0.15, 0.2) is 0 Å². The fourth-order valence-electron chi connectivity index (χ4n) is 4.86. The maximum atomic E-state index is 14.2. The van der Waals surface area contributed by atoms with E-state index in [0.717, 1.165) is 34.2 Å². The number of ketones is 1. The molecule has 0 saturated carbocycles. The van der Waals surface area contributed by atoms with Crippen LogP contribution >= 0.6 is 0 Å². The lowest BCUT2D eigenvalue weighted by Gasteiger charge is -2.26. The first-order valence-electron chi connectivity index (χ1n) is 13.3. The molecule has 1 aliphatic carbocycles. The summed E-state index contributed by atoms with van der Waals surface area (Å²) in [7, 11) is 0. The first kappa shape index (κ1) is 27.7. The van der Waals surface area contributed by atoms with E-state index in [9.17, 15) is 9.90 Å². The highest BCUT2D eigenvalue weighted by molar-refractivity contribution is 6.21. The van der Waals surface area contributed by atoms with Crippen molar-refractivity contribution in [2.24, 2.45) is 0 Å². The number of carbonyl (C=O) groups excluding carboxylic acids is 1. The molecule has 0 unspecified atom stereocenters. The van der Waals surface area contributed by atoms with Gasteiger partial charge in [-0.2, -0.15) is 0 Å². The van der Waals surface area contributed by atoms with Crippen LogP contribution in [0.25, 0.3) is 11.3 Å². The molecule has 5 rings (SSSR count). The summed E-state index contributed by atoms with van der Waals surface area (Å²) in [6.45, 7) is 19.6. The van der Waals surface area contributed by atoms with Gasteiger partial charge in [0, 0.05) is 5.56 Å². The number of benzene rings is 2. The molecule has 0 fully saturated rings. The Labute approximate surface area is 239 Å². The summed E-state index contributed by atoms with van der Waals surface area (Å²) in [6.07, 6.45) is 0. The molecule has 0 aliphatic heterocycles. The van der Waals surface area contributed by atoms with E-state index in [-0.39, 0.29) is 30.5 Å². The molecule has 2 aromatic heterocycles. The Balaban J connectivity index is 1.55. The van der Waals surface area contributed by atoms with Crippen LogP contribution in [-0.2, 0) is 13.2 Å². The Morgan fingerprint density at radius 1 is 0.732 bits per heavy atom. The van der Waals surface area contributed by atoms with Crippen LogP contribution in [0.1, 0.15) is 78.2 Å².